The van der Waals surface area contributed by atoms with Gasteiger partial charge in [0.25, 0.3) is 17.2 Å². The zero-order chi connectivity index (χ0) is 36.7. The van der Waals surface area contributed by atoms with Crippen LogP contribution in [0.5, 0.6) is 0 Å². The van der Waals surface area contributed by atoms with Gasteiger partial charge >= 0.3 is 11.9 Å². The van der Waals surface area contributed by atoms with Crippen LogP contribution < -0.4 is 27.2 Å². The number of esters is 2. The van der Waals surface area contributed by atoms with Gasteiger partial charge in [-0.2, -0.15) is 4.98 Å². The molecule has 16 heteroatoms. The molecule has 3 aromatic rings. The van der Waals surface area contributed by atoms with Gasteiger partial charge in [-0.15, -0.1) is 0 Å². The number of nitro benzene ring substituents is 1. The fourth-order valence-electron chi connectivity index (χ4n) is 4.71. The number of halogens is 1. The van der Waals surface area contributed by atoms with Crippen molar-refractivity contribution in [1.29, 1.82) is 0 Å². The standard InChI is InChI=1S/C33H42FN7O8/c1-32(2,3)48-26(42)14-12-23(30(45)49-33(4,5)6)37-28(43)20-9-7-19(8-10-20)18-40(25-17-21(34)11-13-24(25)41(46)47)16-15-22-27(35)38-31(36)39-29(22)44/h7-11,13,17,23H,12,14-16,18H2,1-6H3,(H,37,43)(H5,35,36,38,39,44)/t23-/m0/s1. The Labute approximate surface area is 282 Å². The Kier molecular flexibility index (Phi) is 12.0. The summed E-state index contributed by atoms with van der Waals surface area (Å²) in [5.41, 5.74) is 9.72. The van der Waals surface area contributed by atoms with E-state index in [0.29, 0.717) is 5.56 Å². The molecule has 1 heterocycles. The van der Waals surface area contributed by atoms with Gasteiger partial charge in [-0.1, -0.05) is 12.1 Å². The number of hydrogen-bond donors (Lipinski definition) is 4. The third kappa shape index (κ3) is 11.6. The van der Waals surface area contributed by atoms with Crippen LogP contribution in [-0.2, 0) is 32.0 Å². The van der Waals surface area contributed by atoms with E-state index >= 15 is 0 Å². The first kappa shape index (κ1) is 37.9. The quantitative estimate of drug-likeness (QED) is 0.115. The Hall–Kier alpha value is -5.54. The molecule has 0 bridgehead atoms. The number of nitro groups is 1. The summed E-state index contributed by atoms with van der Waals surface area (Å²) in [7, 11) is 0. The molecule has 1 aromatic heterocycles. The van der Waals surface area contributed by atoms with E-state index in [1.54, 1.807) is 53.7 Å². The number of aromatic amines is 1. The third-order valence-electron chi connectivity index (χ3n) is 6.82. The monoisotopic (exact) mass is 683 g/mol. The predicted molar refractivity (Wildman–Crippen MR) is 180 cm³/mol. The summed E-state index contributed by atoms with van der Waals surface area (Å²) in [5, 5.41) is 14.5. The smallest absolute Gasteiger partial charge is 0.329 e. The topological polar surface area (TPSA) is 226 Å². The van der Waals surface area contributed by atoms with Crippen molar-refractivity contribution >= 4 is 41.0 Å². The van der Waals surface area contributed by atoms with Gasteiger partial charge < -0.3 is 31.2 Å². The molecule has 15 nitrogen and oxygen atoms in total. The molecule has 0 aliphatic rings. The number of benzene rings is 2. The highest BCUT2D eigenvalue weighted by Gasteiger charge is 2.29. The van der Waals surface area contributed by atoms with Crippen molar-refractivity contribution in [2.75, 3.05) is 22.9 Å². The van der Waals surface area contributed by atoms with E-state index < -0.39 is 51.4 Å². The Morgan fingerprint density at radius 1 is 1.04 bits per heavy atom. The minimum atomic E-state index is -1.15. The largest absolute Gasteiger partial charge is 0.460 e. The van der Waals surface area contributed by atoms with Crippen molar-refractivity contribution in [2.24, 2.45) is 0 Å². The number of anilines is 3. The molecule has 0 radical (unpaired) electrons. The van der Waals surface area contributed by atoms with Gasteiger partial charge in [-0.25, -0.2) is 9.18 Å². The summed E-state index contributed by atoms with van der Waals surface area (Å²) in [5.74, 6) is -2.87. The van der Waals surface area contributed by atoms with Crippen LogP contribution in [0.3, 0.4) is 0 Å². The molecule has 49 heavy (non-hydrogen) atoms. The number of aromatic nitrogens is 2. The second-order valence-corrected chi connectivity index (χ2v) is 13.3. The normalized spacial score (nSPS) is 12.1. The van der Waals surface area contributed by atoms with Gasteiger partial charge in [0.05, 0.1) is 10.5 Å². The van der Waals surface area contributed by atoms with Gasteiger partial charge in [0, 0.05) is 37.2 Å². The van der Waals surface area contributed by atoms with Crippen molar-refractivity contribution in [1.82, 2.24) is 15.3 Å². The lowest BCUT2D eigenvalue weighted by Crippen LogP contribution is -2.44. The average molecular weight is 684 g/mol. The summed E-state index contributed by atoms with van der Waals surface area (Å²) in [6.45, 7) is 10.2. The van der Waals surface area contributed by atoms with Crippen LogP contribution in [0.15, 0.2) is 47.3 Å². The van der Waals surface area contributed by atoms with E-state index in [1.807, 2.05) is 0 Å². The number of nitrogen functional groups attached to an aromatic ring is 2. The van der Waals surface area contributed by atoms with Gasteiger partial charge in [0.2, 0.25) is 5.95 Å². The van der Waals surface area contributed by atoms with Crippen LogP contribution in [0.1, 0.15) is 75.9 Å². The van der Waals surface area contributed by atoms with Crippen molar-refractivity contribution in [3.05, 3.63) is 85.4 Å². The van der Waals surface area contributed by atoms with Crippen molar-refractivity contribution in [3.63, 3.8) is 0 Å². The zero-order valence-electron chi connectivity index (χ0n) is 28.3. The van der Waals surface area contributed by atoms with Gasteiger partial charge in [0.15, 0.2) is 0 Å². The van der Waals surface area contributed by atoms with Gasteiger partial charge in [-0.3, -0.25) is 29.5 Å². The molecule has 0 saturated carbocycles. The average Bonchev–Trinajstić information content (AvgIpc) is 2.96. The molecule has 0 unspecified atom stereocenters. The molecular weight excluding hydrogens is 641 g/mol. The maximum absolute atomic E-state index is 14.4. The number of nitrogens with one attached hydrogen (secondary N) is 2. The van der Waals surface area contributed by atoms with Crippen molar-refractivity contribution < 1.29 is 33.2 Å². The number of nitrogens with two attached hydrogens (primary N) is 2. The number of rotatable bonds is 13. The molecule has 0 aliphatic carbocycles. The molecule has 0 saturated heterocycles. The molecular formula is C33H42FN7O8. The lowest BCUT2D eigenvalue weighted by molar-refractivity contribution is -0.384. The molecule has 0 aliphatic heterocycles. The molecule has 0 fully saturated rings. The number of hydrogen-bond acceptors (Lipinski definition) is 12. The Bertz CT molecular complexity index is 1750. The number of carbonyl (C=O) groups is 3. The summed E-state index contributed by atoms with van der Waals surface area (Å²) in [4.78, 5) is 69.9. The van der Waals surface area contributed by atoms with Gasteiger partial charge in [-0.05, 0) is 78.1 Å². The lowest BCUT2D eigenvalue weighted by Gasteiger charge is -2.25. The highest BCUT2D eigenvalue weighted by molar-refractivity contribution is 5.97. The van der Waals surface area contributed by atoms with E-state index in [9.17, 15) is 33.7 Å². The maximum atomic E-state index is 14.4. The predicted octanol–water partition coefficient (Wildman–Crippen LogP) is 3.79. The minimum absolute atomic E-state index is 0.00280. The Morgan fingerprint density at radius 3 is 2.24 bits per heavy atom. The number of H-pyrrole nitrogens is 1. The molecule has 1 amide bonds. The summed E-state index contributed by atoms with van der Waals surface area (Å²) < 4.78 is 25.1. The second-order valence-electron chi connectivity index (χ2n) is 13.3. The fraction of sp³-hybridized carbons (Fsp3) is 0.424. The van der Waals surface area contributed by atoms with E-state index in [-0.39, 0.29) is 66.6 Å². The first-order chi connectivity index (χ1) is 22.7. The highest BCUT2D eigenvalue weighted by atomic mass is 19.1. The minimum Gasteiger partial charge on any atom is -0.460 e. The Balaban J connectivity index is 1.84. The number of ether oxygens (including phenoxy) is 2. The van der Waals surface area contributed by atoms with Crippen LogP contribution in [0.4, 0.5) is 27.5 Å². The van der Waals surface area contributed by atoms with Crippen LogP contribution in [0.2, 0.25) is 0 Å². The maximum Gasteiger partial charge on any atom is 0.329 e. The highest BCUT2D eigenvalue weighted by Crippen LogP contribution is 2.30. The molecule has 0 spiro atoms. The second kappa shape index (κ2) is 15.6. The fourth-order valence-corrected chi connectivity index (χ4v) is 4.71. The van der Waals surface area contributed by atoms with E-state index in [4.69, 9.17) is 20.9 Å². The Morgan fingerprint density at radius 2 is 1.67 bits per heavy atom. The number of carbonyl (C=O) groups excluding carboxylic acids is 3. The van der Waals surface area contributed by atoms with Crippen LogP contribution in [0.25, 0.3) is 0 Å². The van der Waals surface area contributed by atoms with Crippen molar-refractivity contribution in [3.8, 4) is 0 Å². The van der Waals surface area contributed by atoms with E-state index in [1.165, 1.54) is 17.0 Å². The summed E-state index contributed by atoms with van der Waals surface area (Å²) >= 11 is 0. The number of amides is 1. The van der Waals surface area contributed by atoms with Crippen LogP contribution in [0, 0.1) is 15.9 Å². The molecule has 2 aromatic carbocycles. The lowest BCUT2D eigenvalue weighted by atomic mass is 10.1. The van der Waals surface area contributed by atoms with Crippen molar-refractivity contribution in [2.45, 2.75) is 84.6 Å². The van der Waals surface area contributed by atoms with Gasteiger partial charge in [0.1, 0.15) is 34.6 Å². The number of nitrogens with zero attached hydrogens (tertiary/aromatic N) is 3. The SMILES string of the molecule is CC(C)(C)OC(=O)CC[C@H](NC(=O)c1ccc(CN(CCc2c(N)nc(N)[nH]c2=O)c2cc(F)ccc2[N+](=O)[O-])cc1)C(=O)OC(C)(C)C. The summed E-state index contributed by atoms with van der Waals surface area (Å²) in [6.07, 6.45) is -0.226. The van der Waals surface area contributed by atoms with Crippen LogP contribution >= 0.6 is 0 Å². The zero-order valence-corrected chi connectivity index (χ0v) is 28.3. The molecule has 264 valence electrons. The molecule has 6 N–H and O–H groups in total. The third-order valence-corrected chi connectivity index (χ3v) is 6.82. The molecule has 1 atom stereocenters. The van der Waals surface area contributed by atoms with E-state index in [0.717, 1.165) is 18.2 Å². The summed E-state index contributed by atoms with van der Waals surface area (Å²) in [6, 6.07) is 8.01. The first-order valence-corrected chi connectivity index (χ1v) is 15.4. The first-order valence-electron chi connectivity index (χ1n) is 15.4. The molecule has 3 rings (SSSR count). The van der Waals surface area contributed by atoms with E-state index in [2.05, 4.69) is 15.3 Å². The van der Waals surface area contributed by atoms with Crippen LogP contribution in [-0.4, -0.2) is 56.5 Å².